The van der Waals surface area contributed by atoms with Crippen LogP contribution in [0, 0.1) is 0 Å². The number of anilines is 1. The highest BCUT2D eigenvalue weighted by atomic mass is 32.2. The van der Waals surface area contributed by atoms with Gasteiger partial charge >= 0.3 is 0 Å². The van der Waals surface area contributed by atoms with Crippen LogP contribution in [0.4, 0.5) is 5.82 Å². The van der Waals surface area contributed by atoms with Gasteiger partial charge in [0.1, 0.15) is 5.82 Å². The molecule has 0 aliphatic carbocycles. The monoisotopic (exact) mass is 289 g/mol. The lowest BCUT2D eigenvalue weighted by atomic mass is 10.1. The van der Waals surface area contributed by atoms with Crippen LogP contribution in [-0.2, 0) is 6.54 Å². The summed E-state index contributed by atoms with van der Waals surface area (Å²) in [4.78, 5) is 7.08. The SMILES string of the molecule is CNCc1cc(N(C)C(C)CSC)nc2ccccc12. The van der Waals surface area contributed by atoms with Crippen molar-refractivity contribution in [2.75, 3.05) is 31.0 Å². The van der Waals surface area contributed by atoms with E-state index in [9.17, 15) is 0 Å². The third-order valence-corrected chi connectivity index (χ3v) is 4.40. The normalized spacial score (nSPS) is 12.6. The summed E-state index contributed by atoms with van der Waals surface area (Å²) in [6.45, 7) is 3.10. The highest BCUT2D eigenvalue weighted by molar-refractivity contribution is 7.98. The van der Waals surface area contributed by atoms with Gasteiger partial charge in [0, 0.05) is 30.8 Å². The predicted molar refractivity (Wildman–Crippen MR) is 90.8 cm³/mol. The van der Waals surface area contributed by atoms with Crippen molar-refractivity contribution in [2.45, 2.75) is 19.5 Å². The molecule has 0 aliphatic heterocycles. The van der Waals surface area contributed by atoms with E-state index in [0.717, 1.165) is 23.6 Å². The maximum atomic E-state index is 4.81. The molecule has 2 rings (SSSR count). The summed E-state index contributed by atoms with van der Waals surface area (Å²) < 4.78 is 0. The number of rotatable bonds is 6. The molecule has 0 fully saturated rings. The van der Waals surface area contributed by atoms with Gasteiger partial charge in [-0.3, -0.25) is 0 Å². The number of benzene rings is 1. The molecular formula is C16H23N3S. The van der Waals surface area contributed by atoms with Crippen LogP contribution < -0.4 is 10.2 Å². The number of para-hydroxylation sites is 1. The summed E-state index contributed by atoms with van der Waals surface area (Å²) >= 11 is 1.87. The van der Waals surface area contributed by atoms with Gasteiger partial charge in [-0.15, -0.1) is 0 Å². The maximum absolute atomic E-state index is 4.81. The van der Waals surface area contributed by atoms with Crippen LogP contribution in [0.5, 0.6) is 0 Å². The number of fused-ring (bicyclic) bond motifs is 1. The summed E-state index contributed by atoms with van der Waals surface area (Å²) in [6.07, 6.45) is 2.14. The van der Waals surface area contributed by atoms with Crippen molar-refractivity contribution < 1.29 is 0 Å². The van der Waals surface area contributed by atoms with E-state index in [1.54, 1.807) is 0 Å². The van der Waals surface area contributed by atoms with Gasteiger partial charge in [0.25, 0.3) is 0 Å². The van der Waals surface area contributed by atoms with Crippen molar-refractivity contribution in [3.05, 3.63) is 35.9 Å². The number of nitrogens with one attached hydrogen (secondary N) is 1. The number of thioether (sulfide) groups is 1. The fraction of sp³-hybridized carbons (Fsp3) is 0.438. The number of pyridine rings is 1. The number of hydrogen-bond acceptors (Lipinski definition) is 4. The molecule has 0 aliphatic rings. The molecule has 0 amide bonds. The first-order chi connectivity index (χ1) is 9.67. The summed E-state index contributed by atoms with van der Waals surface area (Å²) in [5.74, 6) is 2.15. The molecule has 1 N–H and O–H groups in total. The van der Waals surface area contributed by atoms with E-state index < -0.39 is 0 Å². The van der Waals surface area contributed by atoms with Crippen LogP contribution in [0.2, 0.25) is 0 Å². The summed E-state index contributed by atoms with van der Waals surface area (Å²) in [7, 11) is 4.11. The topological polar surface area (TPSA) is 28.2 Å². The highest BCUT2D eigenvalue weighted by Crippen LogP contribution is 2.24. The van der Waals surface area contributed by atoms with Crippen LogP contribution in [0.15, 0.2) is 30.3 Å². The largest absolute Gasteiger partial charge is 0.356 e. The fourth-order valence-corrected chi connectivity index (χ4v) is 3.03. The zero-order valence-corrected chi connectivity index (χ0v) is 13.5. The van der Waals surface area contributed by atoms with Crippen molar-refractivity contribution in [3.63, 3.8) is 0 Å². The van der Waals surface area contributed by atoms with Crippen LogP contribution in [0.3, 0.4) is 0 Å². The van der Waals surface area contributed by atoms with Crippen LogP contribution in [0.25, 0.3) is 10.9 Å². The Morgan fingerprint density at radius 1 is 1.35 bits per heavy atom. The van der Waals surface area contributed by atoms with E-state index in [2.05, 4.69) is 54.7 Å². The van der Waals surface area contributed by atoms with Crippen molar-refractivity contribution in [3.8, 4) is 0 Å². The molecule has 1 aromatic heterocycles. The van der Waals surface area contributed by atoms with Crippen molar-refractivity contribution in [1.82, 2.24) is 10.3 Å². The number of hydrogen-bond donors (Lipinski definition) is 1. The molecule has 1 heterocycles. The summed E-state index contributed by atoms with van der Waals surface area (Å²) in [6, 6.07) is 11.0. The lowest BCUT2D eigenvalue weighted by molar-refractivity contribution is 0.752. The van der Waals surface area contributed by atoms with Crippen LogP contribution >= 0.6 is 11.8 Å². The standard InChI is InChI=1S/C16H23N3S/c1-12(11-20-4)19(3)16-9-13(10-17-2)14-7-5-6-8-15(14)18-16/h5-9,12,17H,10-11H2,1-4H3. The van der Waals surface area contributed by atoms with Gasteiger partial charge < -0.3 is 10.2 Å². The molecule has 0 saturated heterocycles. The molecule has 1 aromatic carbocycles. The Labute approximate surface area is 125 Å². The Morgan fingerprint density at radius 3 is 2.80 bits per heavy atom. The van der Waals surface area contributed by atoms with Gasteiger partial charge in [-0.1, -0.05) is 18.2 Å². The van der Waals surface area contributed by atoms with Crippen molar-refractivity contribution in [2.24, 2.45) is 0 Å². The first-order valence-electron chi connectivity index (χ1n) is 6.92. The molecule has 108 valence electrons. The summed E-state index contributed by atoms with van der Waals surface area (Å²) in [5.41, 5.74) is 2.37. The van der Waals surface area contributed by atoms with E-state index >= 15 is 0 Å². The first-order valence-corrected chi connectivity index (χ1v) is 8.31. The van der Waals surface area contributed by atoms with E-state index in [-0.39, 0.29) is 0 Å². The Bertz CT molecular complexity index is 571. The molecule has 4 heteroatoms. The van der Waals surface area contributed by atoms with Gasteiger partial charge in [-0.05, 0) is 37.9 Å². The quantitative estimate of drug-likeness (QED) is 0.884. The Hall–Kier alpha value is -1.26. The third kappa shape index (κ3) is 3.25. The smallest absolute Gasteiger partial charge is 0.129 e. The minimum Gasteiger partial charge on any atom is -0.356 e. The summed E-state index contributed by atoms with van der Waals surface area (Å²) in [5, 5.41) is 4.48. The van der Waals surface area contributed by atoms with Gasteiger partial charge in [0.05, 0.1) is 5.52 Å². The molecular weight excluding hydrogens is 266 g/mol. The average molecular weight is 289 g/mol. The zero-order chi connectivity index (χ0) is 14.5. The maximum Gasteiger partial charge on any atom is 0.129 e. The second-order valence-corrected chi connectivity index (χ2v) is 6.01. The minimum atomic E-state index is 0.473. The van der Waals surface area contributed by atoms with E-state index in [1.165, 1.54) is 10.9 Å². The van der Waals surface area contributed by atoms with Gasteiger partial charge in [-0.2, -0.15) is 11.8 Å². The van der Waals surface area contributed by atoms with Crippen LogP contribution in [-0.4, -0.2) is 37.1 Å². The number of aromatic nitrogens is 1. The molecule has 0 radical (unpaired) electrons. The van der Waals surface area contributed by atoms with Gasteiger partial charge in [0.15, 0.2) is 0 Å². The van der Waals surface area contributed by atoms with Gasteiger partial charge in [-0.25, -0.2) is 4.98 Å². The Morgan fingerprint density at radius 2 is 2.10 bits per heavy atom. The van der Waals surface area contributed by atoms with E-state index in [1.807, 2.05) is 24.9 Å². The molecule has 0 spiro atoms. The highest BCUT2D eigenvalue weighted by Gasteiger charge is 2.13. The molecule has 1 unspecified atom stereocenters. The van der Waals surface area contributed by atoms with Crippen molar-refractivity contribution >= 4 is 28.5 Å². The Kier molecular flexibility index (Phi) is 5.26. The zero-order valence-electron chi connectivity index (χ0n) is 12.7. The second kappa shape index (κ2) is 6.95. The van der Waals surface area contributed by atoms with Gasteiger partial charge in [0.2, 0.25) is 0 Å². The lowest BCUT2D eigenvalue weighted by Crippen LogP contribution is -2.31. The molecule has 0 bridgehead atoms. The van der Waals surface area contributed by atoms with E-state index in [4.69, 9.17) is 4.98 Å². The second-order valence-electron chi connectivity index (χ2n) is 5.10. The minimum absolute atomic E-state index is 0.473. The molecule has 20 heavy (non-hydrogen) atoms. The molecule has 2 aromatic rings. The van der Waals surface area contributed by atoms with Crippen LogP contribution in [0.1, 0.15) is 12.5 Å². The van der Waals surface area contributed by atoms with Crippen molar-refractivity contribution in [1.29, 1.82) is 0 Å². The lowest BCUT2D eigenvalue weighted by Gasteiger charge is -2.26. The first kappa shape index (κ1) is 15.1. The number of nitrogens with zero attached hydrogens (tertiary/aromatic N) is 2. The molecule has 1 atom stereocenters. The van der Waals surface area contributed by atoms with E-state index in [0.29, 0.717) is 6.04 Å². The predicted octanol–water partition coefficient (Wildman–Crippen LogP) is 3.14. The molecule has 0 saturated carbocycles. The Balaban J connectivity index is 2.43. The third-order valence-electron chi connectivity index (χ3n) is 3.59. The molecule has 3 nitrogen and oxygen atoms in total. The average Bonchev–Trinajstić information content (AvgIpc) is 2.47. The fourth-order valence-electron chi connectivity index (χ4n) is 2.33.